The highest BCUT2D eigenvalue weighted by molar-refractivity contribution is 5.80. The number of rotatable bonds is 4. The molecular formula is C14H27N3O2. The normalized spacial score (nSPS) is 26.3. The fourth-order valence-corrected chi connectivity index (χ4v) is 3.32. The molecule has 1 atom stereocenters. The van der Waals surface area contributed by atoms with Crippen LogP contribution in [0.25, 0.3) is 0 Å². The second-order valence-corrected chi connectivity index (χ2v) is 6.12. The van der Waals surface area contributed by atoms with Gasteiger partial charge in [0.25, 0.3) is 0 Å². The molecule has 1 saturated heterocycles. The first-order valence-electron chi connectivity index (χ1n) is 7.43. The SMILES string of the molecule is C[C@@H](O)C(=O)NCC1(N2CCN(C)CC2)CCCC1. The lowest BCUT2D eigenvalue weighted by Crippen LogP contribution is -2.60. The van der Waals surface area contributed by atoms with Crippen LogP contribution >= 0.6 is 0 Å². The maximum Gasteiger partial charge on any atom is 0.248 e. The minimum absolute atomic E-state index is 0.131. The fraction of sp³-hybridized carbons (Fsp3) is 0.929. The smallest absolute Gasteiger partial charge is 0.248 e. The van der Waals surface area contributed by atoms with Crippen LogP contribution in [0.15, 0.2) is 0 Å². The third kappa shape index (κ3) is 3.46. The summed E-state index contributed by atoms with van der Waals surface area (Å²) in [5.74, 6) is -0.250. The van der Waals surface area contributed by atoms with Gasteiger partial charge in [0.2, 0.25) is 5.91 Å². The van der Waals surface area contributed by atoms with E-state index in [1.165, 1.54) is 19.8 Å². The molecule has 0 aromatic heterocycles. The fourth-order valence-electron chi connectivity index (χ4n) is 3.32. The number of hydrogen-bond acceptors (Lipinski definition) is 4. The van der Waals surface area contributed by atoms with Gasteiger partial charge < -0.3 is 15.3 Å². The van der Waals surface area contributed by atoms with Gasteiger partial charge in [0, 0.05) is 38.3 Å². The summed E-state index contributed by atoms with van der Waals surface area (Å²) in [6.45, 7) is 6.58. The van der Waals surface area contributed by atoms with Crippen LogP contribution in [0.3, 0.4) is 0 Å². The van der Waals surface area contributed by atoms with Gasteiger partial charge in [0.1, 0.15) is 6.10 Å². The van der Waals surface area contributed by atoms with E-state index < -0.39 is 6.10 Å². The van der Waals surface area contributed by atoms with Gasteiger partial charge in [-0.2, -0.15) is 0 Å². The molecule has 1 amide bonds. The molecule has 1 aliphatic carbocycles. The molecule has 0 radical (unpaired) electrons. The lowest BCUT2D eigenvalue weighted by molar-refractivity contribution is -0.129. The van der Waals surface area contributed by atoms with Gasteiger partial charge in [0.05, 0.1) is 0 Å². The van der Waals surface area contributed by atoms with Crippen molar-refractivity contribution in [3.63, 3.8) is 0 Å². The van der Waals surface area contributed by atoms with Gasteiger partial charge in [-0.3, -0.25) is 9.69 Å². The van der Waals surface area contributed by atoms with E-state index in [4.69, 9.17) is 0 Å². The zero-order chi connectivity index (χ0) is 13.9. The summed E-state index contributed by atoms with van der Waals surface area (Å²) in [7, 11) is 2.16. The number of aliphatic hydroxyl groups excluding tert-OH is 1. The summed E-state index contributed by atoms with van der Waals surface area (Å²) < 4.78 is 0. The number of aliphatic hydroxyl groups is 1. The van der Waals surface area contributed by atoms with Crippen LogP contribution in [0.1, 0.15) is 32.6 Å². The van der Waals surface area contributed by atoms with E-state index in [9.17, 15) is 9.90 Å². The Bertz CT molecular complexity index is 306. The summed E-state index contributed by atoms with van der Waals surface area (Å²) in [6, 6.07) is 0. The quantitative estimate of drug-likeness (QED) is 0.757. The number of carbonyl (C=O) groups is 1. The number of hydrogen-bond donors (Lipinski definition) is 2. The molecule has 1 heterocycles. The number of carbonyl (C=O) groups excluding carboxylic acids is 1. The highest BCUT2D eigenvalue weighted by Crippen LogP contribution is 2.35. The molecule has 2 N–H and O–H groups in total. The van der Waals surface area contributed by atoms with Gasteiger partial charge in [0.15, 0.2) is 0 Å². The van der Waals surface area contributed by atoms with Crippen LogP contribution in [0, 0.1) is 0 Å². The average molecular weight is 269 g/mol. The topological polar surface area (TPSA) is 55.8 Å². The van der Waals surface area contributed by atoms with Crippen molar-refractivity contribution in [1.29, 1.82) is 0 Å². The third-order valence-electron chi connectivity index (χ3n) is 4.68. The number of piperazine rings is 1. The third-order valence-corrected chi connectivity index (χ3v) is 4.68. The minimum Gasteiger partial charge on any atom is -0.384 e. The van der Waals surface area contributed by atoms with Crippen molar-refractivity contribution < 1.29 is 9.90 Å². The monoisotopic (exact) mass is 269 g/mol. The van der Waals surface area contributed by atoms with E-state index in [2.05, 4.69) is 22.2 Å². The van der Waals surface area contributed by atoms with Crippen molar-refractivity contribution in [2.45, 2.75) is 44.2 Å². The summed E-state index contributed by atoms with van der Waals surface area (Å²) in [4.78, 5) is 16.5. The summed E-state index contributed by atoms with van der Waals surface area (Å²) in [5, 5.41) is 12.2. The average Bonchev–Trinajstić information content (AvgIpc) is 2.86. The van der Waals surface area contributed by atoms with E-state index >= 15 is 0 Å². The molecular weight excluding hydrogens is 242 g/mol. The van der Waals surface area contributed by atoms with Crippen molar-refractivity contribution >= 4 is 5.91 Å². The van der Waals surface area contributed by atoms with E-state index in [-0.39, 0.29) is 11.4 Å². The Morgan fingerprint density at radius 3 is 2.37 bits per heavy atom. The zero-order valence-electron chi connectivity index (χ0n) is 12.2. The first-order valence-corrected chi connectivity index (χ1v) is 7.43. The first-order chi connectivity index (χ1) is 9.03. The molecule has 1 aliphatic heterocycles. The van der Waals surface area contributed by atoms with Crippen LogP contribution in [-0.4, -0.2) is 72.2 Å². The van der Waals surface area contributed by atoms with Gasteiger partial charge in [-0.1, -0.05) is 12.8 Å². The Balaban J connectivity index is 1.95. The number of nitrogens with zero attached hydrogens (tertiary/aromatic N) is 2. The van der Waals surface area contributed by atoms with Crippen LogP contribution in [0.5, 0.6) is 0 Å². The molecule has 0 unspecified atom stereocenters. The number of nitrogens with one attached hydrogen (secondary N) is 1. The van der Waals surface area contributed by atoms with E-state index in [0.717, 1.165) is 39.0 Å². The predicted molar refractivity (Wildman–Crippen MR) is 75.0 cm³/mol. The number of likely N-dealkylation sites (N-methyl/N-ethyl adjacent to an activating group) is 1. The van der Waals surface area contributed by atoms with Crippen LogP contribution in [0.2, 0.25) is 0 Å². The molecule has 2 aliphatic rings. The lowest BCUT2D eigenvalue weighted by Gasteiger charge is -2.45. The Hall–Kier alpha value is -0.650. The molecule has 2 fully saturated rings. The van der Waals surface area contributed by atoms with Gasteiger partial charge in [-0.05, 0) is 26.8 Å². The van der Waals surface area contributed by atoms with Gasteiger partial charge >= 0.3 is 0 Å². The Kier molecular flexibility index (Phi) is 4.81. The van der Waals surface area contributed by atoms with Crippen LogP contribution < -0.4 is 5.32 Å². The van der Waals surface area contributed by atoms with Crippen molar-refractivity contribution in [3.05, 3.63) is 0 Å². The predicted octanol–water partition coefficient (Wildman–Crippen LogP) is 0.0436. The van der Waals surface area contributed by atoms with Crippen molar-refractivity contribution in [1.82, 2.24) is 15.1 Å². The Morgan fingerprint density at radius 1 is 1.26 bits per heavy atom. The molecule has 0 spiro atoms. The summed E-state index contributed by atoms with van der Waals surface area (Å²) >= 11 is 0. The van der Waals surface area contributed by atoms with Gasteiger partial charge in [-0.15, -0.1) is 0 Å². The largest absolute Gasteiger partial charge is 0.384 e. The van der Waals surface area contributed by atoms with E-state index in [1.807, 2.05) is 0 Å². The number of amides is 1. The molecule has 19 heavy (non-hydrogen) atoms. The standard InChI is InChI=1S/C14H27N3O2/c1-12(18)13(19)15-11-14(5-3-4-6-14)17-9-7-16(2)8-10-17/h12,18H,3-11H2,1-2H3,(H,15,19)/t12-/m1/s1. The van der Waals surface area contributed by atoms with Crippen molar-refractivity contribution in [2.24, 2.45) is 0 Å². The van der Waals surface area contributed by atoms with Crippen molar-refractivity contribution in [3.8, 4) is 0 Å². The second-order valence-electron chi connectivity index (χ2n) is 6.12. The second kappa shape index (κ2) is 6.20. The molecule has 0 bridgehead atoms. The lowest BCUT2D eigenvalue weighted by atomic mass is 9.93. The van der Waals surface area contributed by atoms with Gasteiger partial charge in [-0.25, -0.2) is 0 Å². The highest BCUT2D eigenvalue weighted by Gasteiger charge is 2.40. The first kappa shape index (κ1) is 14.8. The van der Waals surface area contributed by atoms with Crippen LogP contribution in [0.4, 0.5) is 0 Å². The zero-order valence-corrected chi connectivity index (χ0v) is 12.2. The van der Waals surface area contributed by atoms with Crippen molar-refractivity contribution in [2.75, 3.05) is 39.8 Å². The van der Waals surface area contributed by atoms with Crippen LogP contribution in [-0.2, 0) is 4.79 Å². The highest BCUT2D eigenvalue weighted by atomic mass is 16.3. The molecule has 5 nitrogen and oxygen atoms in total. The maximum absolute atomic E-state index is 11.6. The molecule has 1 saturated carbocycles. The molecule has 0 aromatic rings. The molecule has 110 valence electrons. The minimum atomic E-state index is -0.911. The molecule has 2 rings (SSSR count). The Morgan fingerprint density at radius 2 is 1.84 bits per heavy atom. The molecule has 5 heteroatoms. The maximum atomic E-state index is 11.6. The van der Waals surface area contributed by atoms with E-state index in [1.54, 1.807) is 0 Å². The molecule has 0 aromatic carbocycles. The van der Waals surface area contributed by atoms with E-state index in [0.29, 0.717) is 6.54 Å². The summed E-state index contributed by atoms with van der Waals surface area (Å²) in [5.41, 5.74) is 0.131. The summed E-state index contributed by atoms with van der Waals surface area (Å²) in [6.07, 6.45) is 3.91. The Labute approximate surface area is 115 Å².